The molecule has 1 amide bonds. The van der Waals surface area contributed by atoms with Crippen molar-refractivity contribution in [2.45, 2.75) is 29.6 Å². The molecule has 0 radical (unpaired) electrons. The monoisotopic (exact) mass is 468 g/mol. The number of amides is 1. The molecule has 3 aromatic carbocycles. The molecule has 0 aliphatic carbocycles. The number of hydrogen-bond acceptors (Lipinski definition) is 4. The van der Waals surface area contributed by atoms with Crippen molar-refractivity contribution in [3.8, 4) is 0 Å². The maximum absolute atomic E-state index is 13.3. The van der Waals surface area contributed by atoms with Crippen LogP contribution < -0.4 is 9.62 Å². The Morgan fingerprint density at radius 2 is 1.50 bits per heavy atom. The van der Waals surface area contributed by atoms with Crippen molar-refractivity contribution in [2.75, 3.05) is 23.1 Å². The van der Waals surface area contributed by atoms with Gasteiger partial charge in [0.1, 0.15) is 6.54 Å². The van der Waals surface area contributed by atoms with Gasteiger partial charge in [0.25, 0.3) is 10.0 Å². The zero-order valence-corrected chi connectivity index (χ0v) is 19.9. The van der Waals surface area contributed by atoms with Crippen molar-refractivity contribution in [1.82, 2.24) is 5.32 Å². The number of thioether (sulfide) groups is 1. The maximum Gasteiger partial charge on any atom is 0.264 e. The van der Waals surface area contributed by atoms with Crippen LogP contribution in [0.1, 0.15) is 25.3 Å². The van der Waals surface area contributed by atoms with E-state index in [0.29, 0.717) is 23.9 Å². The van der Waals surface area contributed by atoms with Gasteiger partial charge in [-0.3, -0.25) is 9.10 Å². The van der Waals surface area contributed by atoms with Crippen molar-refractivity contribution >= 4 is 33.4 Å². The van der Waals surface area contributed by atoms with Gasteiger partial charge in [-0.05, 0) is 47.9 Å². The van der Waals surface area contributed by atoms with Gasteiger partial charge < -0.3 is 5.32 Å². The maximum atomic E-state index is 13.3. The van der Waals surface area contributed by atoms with Crippen LogP contribution in [0.3, 0.4) is 0 Å². The SMILES string of the molecule is CC(C)c1ccc(N(CC(=O)NCCSc2ccccc2)S(=O)(=O)c2ccccc2)cc1. The van der Waals surface area contributed by atoms with E-state index in [1.807, 2.05) is 42.5 Å². The molecule has 7 heteroatoms. The molecule has 1 N–H and O–H groups in total. The van der Waals surface area contributed by atoms with Crippen LogP contribution in [0, 0.1) is 0 Å². The lowest BCUT2D eigenvalue weighted by Gasteiger charge is -2.24. The van der Waals surface area contributed by atoms with Gasteiger partial charge in [-0.2, -0.15) is 0 Å². The average Bonchev–Trinajstić information content (AvgIpc) is 2.81. The number of anilines is 1. The Labute approximate surface area is 194 Å². The summed E-state index contributed by atoms with van der Waals surface area (Å²) in [6.07, 6.45) is 0. The molecule has 3 aromatic rings. The first-order valence-corrected chi connectivity index (χ1v) is 12.9. The summed E-state index contributed by atoms with van der Waals surface area (Å²) in [6.45, 7) is 4.32. The lowest BCUT2D eigenvalue weighted by molar-refractivity contribution is -0.119. The minimum absolute atomic E-state index is 0.153. The molecule has 0 aromatic heterocycles. The molecule has 0 spiro atoms. The summed E-state index contributed by atoms with van der Waals surface area (Å²) >= 11 is 1.64. The second-order valence-corrected chi connectivity index (χ2v) is 10.6. The van der Waals surface area contributed by atoms with E-state index in [4.69, 9.17) is 0 Å². The van der Waals surface area contributed by atoms with E-state index >= 15 is 0 Å². The fourth-order valence-electron chi connectivity index (χ4n) is 3.12. The molecule has 168 valence electrons. The average molecular weight is 469 g/mol. The highest BCUT2D eigenvalue weighted by atomic mass is 32.2. The molecule has 0 aliphatic rings. The lowest BCUT2D eigenvalue weighted by Crippen LogP contribution is -2.41. The van der Waals surface area contributed by atoms with E-state index < -0.39 is 10.0 Å². The second kappa shape index (κ2) is 11.2. The van der Waals surface area contributed by atoms with E-state index in [1.165, 1.54) is 4.31 Å². The first kappa shape index (κ1) is 23.9. The number of sulfonamides is 1. The van der Waals surface area contributed by atoms with Gasteiger partial charge in [0.15, 0.2) is 0 Å². The van der Waals surface area contributed by atoms with Gasteiger partial charge in [0.05, 0.1) is 10.6 Å². The number of hydrogen-bond donors (Lipinski definition) is 1. The Bertz CT molecular complexity index is 1100. The summed E-state index contributed by atoms with van der Waals surface area (Å²) in [5.41, 5.74) is 1.57. The molecule has 0 unspecified atom stereocenters. The van der Waals surface area contributed by atoms with Gasteiger partial charge in [-0.25, -0.2) is 8.42 Å². The van der Waals surface area contributed by atoms with Crippen LogP contribution in [0.25, 0.3) is 0 Å². The van der Waals surface area contributed by atoms with Crippen molar-refractivity contribution < 1.29 is 13.2 Å². The summed E-state index contributed by atoms with van der Waals surface area (Å²) in [4.78, 5) is 13.9. The summed E-state index contributed by atoms with van der Waals surface area (Å²) in [5, 5.41) is 2.84. The van der Waals surface area contributed by atoms with Crippen LogP contribution in [0.5, 0.6) is 0 Å². The van der Waals surface area contributed by atoms with Crippen LogP contribution in [0.15, 0.2) is 94.7 Å². The number of benzene rings is 3. The van der Waals surface area contributed by atoms with Crippen molar-refractivity contribution in [3.05, 3.63) is 90.5 Å². The fraction of sp³-hybridized carbons (Fsp3) is 0.240. The van der Waals surface area contributed by atoms with Crippen LogP contribution in [-0.2, 0) is 14.8 Å². The zero-order chi connectivity index (χ0) is 23.0. The van der Waals surface area contributed by atoms with Crippen LogP contribution in [0.4, 0.5) is 5.69 Å². The van der Waals surface area contributed by atoms with Crippen LogP contribution in [-0.4, -0.2) is 33.2 Å². The third-order valence-corrected chi connectivity index (χ3v) is 7.70. The smallest absolute Gasteiger partial charge is 0.264 e. The third kappa shape index (κ3) is 6.37. The molecule has 0 saturated heterocycles. The van der Waals surface area contributed by atoms with Gasteiger partial charge >= 0.3 is 0 Å². The first-order valence-electron chi connectivity index (χ1n) is 10.5. The summed E-state index contributed by atoms with van der Waals surface area (Å²) in [7, 11) is -3.89. The molecular formula is C25H28N2O3S2. The molecule has 0 fully saturated rings. The molecule has 0 aliphatic heterocycles. The van der Waals surface area contributed by atoms with E-state index in [1.54, 1.807) is 54.2 Å². The minimum Gasteiger partial charge on any atom is -0.354 e. The predicted molar refractivity (Wildman–Crippen MR) is 132 cm³/mol. The van der Waals surface area contributed by atoms with Gasteiger partial charge in [0, 0.05) is 17.2 Å². The Morgan fingerprint density at radius 1 is 0.906 bits per heavy atom. The predicted octanol–water partition coefficient (Wildman–Crippen LogP) is 4.91. The zero-order valence-electron chi connectivity index (χ0n) is 18.3. The van der Waals surface area contributed by atoms with Gasteiger partial charge in [0.2, 0.25) is 5.91 Å². The highest BCUT2D eigenvalue weighted by Gasteiger charge is 2.27. The molecule has 32 heavy (non-hydrogen) atoms. The van der Waals surface area contributed by atoms with E-state index in [2.05, 4.69) is 19.2 Å². The Balaban J connectivity index is 1.73. The van der Waals surface area contributed by atoms with Crippen LogP contribution in [0.2, 0.25) is 0 Å². The largest absolute Gasteiger partial charge is 0.354 e. The second-order valence-electron chi connectivity index (χ2n) is 7.58. The van der Waals surface area contributed by atoms with Crippen molar-refractivity contribution in [3.63, 3.8) is 0 Å². The molecule has 0 saturated carbocycles. The molecule has 0 atom stereocenters. The Morgan fingerprint density at radius 3 is 2.09 bits per heavy atom. The minimum atomic E-state index is -3.89. The number of nitrogens with one attached hydrogen (secondary N) is 1. The molecule has 3 rings (SSSR count). The Hall–Kier alpha value is -2.77. The van der Waals surface area contributed by atoms with Crippen molar-refractivity contribution in [2.24, 2.45) is 0 Å². The number of rotatable bonds is 10. The molecular weight excluding hydrogens is 440 g/mol. The van der Waals surface area contributed by atoms with Crippen molar-refractivity contribution in [1.29, 1.82) is 0 Å². The first-order chi connectivity index (χ1) is 15.4. The van der Waals surface area contributed by atoms with E-state index in [-0.39, 0.29) is 17.3 Å². The quantitative estimate of drug-likeness (QED) is 0.339. The molecule has 0 bridgehead atoms. The highest BCUT2D eigenvalue weighted by molar-refractivity contribution is 7.99. The summed E-state index contributed by atoms with van der Waals surface area (Å²) < 4.78 is 27.9. The van der Waals surface area contributed by atoms with Crippen LogP contribution >= 0.6 is 11.8 Å². The third-order valence-electron chi connectivity index (χ3n) is 4.90. The number of carbonyl (C=O) groups excluding carboxylic acids is 1. The molecule has 5 nitrogen and oxygen atoms in total. The Kier molecular flexibility index (Phi) is 8.36. The molecule has 0 heterocycles. The summed E-state index contributed by atoms with van der Waals surface area (Å²) in [5.74, 6) is 0.685. The lowest BCUT2D eigenvalue weighted by atomic mass is 10.0. The summed E-state index contributed by atoms with van der Waals surface area (Å²) in [6, 6.07) is 25.4. The van der Waals surface area contributed by atoms with Gasteiger partial charge in [-0.1, -0.05) is 62.4 Å². The van der Waals surface area contributed by atoms with E-state index in [9.17, 15) is 13.2 Å². The highest BCUT2D eigenvalue weighted by Crippen LogP contribution is 2.25. The van der Waals surface area contributed by atoms with E-state index in [0.717, 1.165) is 10.5 Å². The standard InChI is InChI=1S/C25H28N2O3S2/c1-20(2)21-13-15-22(16-14-21)27(32(29,30)24-11-7-4-8-12-24)19-25(28)26-17-18-31-23-9-5-3-6-10-23/h3-16,20H,17-19H2,1-2H3,(H,26,28). The number of nitrogens with zero attached hydrogens (tertiary/aromatic N) is 1. The normalized spacial score (nSPS) is 11.3. The topological polar surface area (TPSA) is 66.5 Å². The van der Waals surface area contributed by atoms with Gasteiger partial charge in [-0.15, -0.1) is 11.8 Å². The number of carbonyl (C=O) groups is 1. The fourth-order valence-corrected chi connectivity index (χ4v) is 5.35.